The molecule has 0 amide bonds. The molecule has 0 aliphatic carbocycles. The summed E-state index contributed by atoms with van der Waals surface area (Å²) >= 11 is 0. The van der Waals surface area contributed by atoms with Gasteiger partial charge in [0.05, 0.1) is 19.8 Å². The largest absolute Gasteiger partial charge is 0.494 e. The van der Waals surface area contributed by atoms with Crippen molar-refractivity contribution in [2.24, 2.45) is 0 Å². The van der Waals surface area contributed by atoms with E-state index in [0.29, 0.717) is 17.5 Å². The van der Waals surface area contributed by atoms with Crippen LogP contribution in [-0.4, -0.2) is 34.8 Å². The fourth-order valence-corrected chi connectivity index (χ4v) is 5.35. The molecule has 0 bridgehead atoms. The standard InChI is InChI=1S/C45H57N3O3/c1-4-7-10-13-34-49-40-25-16-37(17-26-40)22-31-43-46-44(32-23-38-18-27-41(28-19-38)50-35-14-11-8-5-2)48-45(47-43)33-24-39-20-29-42(30-21-39)51-36-15-12-9-6-3/h16-33H,4-15,34-36H2,1-3H3/b31-22+,32-23+,33-24+. The number of hydrogen-bond donors (Lipinski definition) is 0. The Morgan fingerprint density at radius 1 is 0.353 bits per heavy atom. The minimum atomic E-state index is 0.583. The van der Waals surface area contributed by atoms with Gasteiger partial charge in [-0.2, -0.15) is 0 Å². The molecule has 0 fully saturated rings. The third kappa shape index (κ3) is 15.8. The van der Waals surface area contributed by atoms with E-state index in [2.05, 4.69) is 57.2 Å². The zero-order chi connectivity index (χ0) is 35.8. The average molecular weight is 688 g/mol. The molecule has 0 saturated heterocycles. The fourth-order valence-electron chi connectivity index (χ4n) is 5.35. The van der Waals surface area contributed by atoms with E-state index in [0.717, 1.165) is 73.0 Å². The molecule has 0 unspecified atom stereocenters. The first kappa shape index (κ1) is 39.1. The van der Waals surface area contributed by atoms with Gasteiger partial charge in [-0.25, -0.2) is 15.0 Å². The lowest BCUT2D eigenvalue weighted by Crippen LogP contribution is -1.99. The lowest BCUT2D eigenvalue weighted by Gasteiger charge is -2.06. The van der Waals surface area contributed by atoms with Crippen LogP contribution in [-0.2, 0) is 0 Å². The van der Waals surface area contributed by atoms with Gasteiger partial charge in [0.1, 0.15) is 17.2 Å². The molecule has 0 aliphatic rings. The molecule has 0 aliphatic heterocycles. The van der Waals surface area contributed by atoms with Crippen LogP contribution in [0.2, 0.25) is 0 Å². The first-order chi connectivity index (χ1) is 25.1. The summed E-state index contributed by atoms with van der Waals surface area (Å²) in [5.41, 5.74) is 3.13. The molecule has 1 aromatic heterocycles. The van der Waals surface area contributed by atoms with Crippen LogP contribution in [0, 0.1) is 0 Å². The van der Waals surface area contributed by atoms with E-state index >= 15 is 0 Å². The zero-order valence-corrected chi connectivity index (χ0v) is 31.1. The van der Waals surface area contributed by atoms with Crippen molar-refractivity contribution in [1.82, 2.24) is 15.0 Å². The Balaban J connectivity index is 1.44. The first-order valence-corrected chi connectivity index (χ1v) is 19.1. The number of ether oxygens (including phenoxy) is 3. The van der Waals surface area contributed by atoms with Crippen LogP contribution in [0.25, 0.3) is 36.5 Å². The van der Waals surface area contributed by atoms with Crippen molar-refractivity contribution in [3.8, 4) is 17.2 Å². The van der Waals surface area contributed by atoms with Gasteiger partial charge in [0.2, 0.25) is 0 Å². The Bertz CT molecular complexity index is 1400. The number of aromatic nitrogens is 3. The normalized spacial score (nSPS) is 11.6. The van der Waals surface area contributed by atoms with E-state index in [1.165, 1.54) is 57.8 Å². The number of nitrogens with zero attached hydrogens (tertiary/aromatic N) is 3. The van der Waals surface area contributed by atoms with Crippen molar-refractivity contribution >= 4 is 36.5 Å². The van der Waals surface area contributed by atoms with Crippen LogP contribution in [0.15, 0.2) is 72.8 Å². The summed E-state index contributed by atoms with van der Waals surface area (Å²) in [5, 5.41) is 0. The second kappa shape index (κ2) is 23.7. The van der Waals surface area contributed by atoms with E-state index < -0.39 is 0 Å². The van der Waals surface area contributed by atoms with Crippen LogP contribution < -0.4 is 14.2 Å². The van der Waals surface area contributed by atoms with Gasteiger partial charge in [-0.15, -0.1) is 0 Å². The van der Waals surface area contributed by atoms with E-state index in [1.807, 2.05) is 72.9 Å². The molecular formula is C45H57N3O3. The SMILES string of the molecule is CCCCCCOc1ccc(/C=C/c2nc(/C=C/c3ccc(OCCCCCC)cc3)nc(/C=C/c3ccc(OCCCCCC)cc3)n2)cc1. The van der Waals surface area contributed by atoms with Crippen molar-refractivity contribution in [2.45, 2.75) is 97.8 Å². The molecule has 1 heterocycles. The van der Waals surface area contributed by atoms with Crippen molar-refractivity contribution in [3.05, 3.63) is 107 Å². The molecule has 51 heavy (non-hydrogen) atoms. The minimum Gasteiger partial charge on any atom is -0.494 e. The highest BCUT2D eigenvalue weighted by Crippen LogP contribution is 2.18. The van der Waals surface area contributed by atoms with Gasteiger partial charge in [0.15, 0.2) is 17.5 Å². The molecule has 0 radical (unpaired) electrons. The molecule has 3 aromatic carbocycles. The van der Waals surface area contributed by atoms with Crippen molar-refractivity contribution in [1.29, 1.82) is 0 Å². The van der Waals surface area contributed by atoms with Crippen molar-refractivity contribution in [2.75, 3.05) is 19.8 Å². The van der Waals surface area contributed by atoms with Crippen LogP contribution in [0.3, 0.4) is 0 Å². The maximum atomic E-state index is 5.92. The second-order valence-electron chi connectivity index (χ2n) is 12.8. The number of benzene rings is 3. The summed E-state index contributed by atoms with van der Waals surface area (Å²) in [7, 11) is 0. The van der Waals surface area contributed by atoms with Crippen molar-refractivity contribution < 1.29 is 14.2 Å². The monoisotopic (exact) mass is 687 g/mol. The van der Waals surface area contributed by atoms with Crippen LogP contribution in [0.1, 0.15) is 132 Å². The summed E-state index contributed by atoms with van der Waals surface area (Å²) in [6.07, 6.45) is 26.1. The highest BCUT2D eigenvalue weighted by Gasteiger charge is 2.03. The third-order valence-corrected chi connectivity index (χ3v) is 8.40. The second-order valence-corrected chi connectivity index (χ2v) is 12.8. The van der Waals surface area contributed by atoms with Gasteiger partial charge in [-0.05, 0) is 90.6 Å². The Kier molecular flexibility index (Phi) is 18.1. The molecule has 6 nitrogen and oxygen atoms in total. The number of unbranched alkanes of at least 4 members (excludes halogenated alkanes) is 9. The molecule has 0 spiro atoms. The average Bonchev–Trinajstić information content (AvgIpc) is 3.16. The number of rotatable bonds is 24. The molecule has 4 aromatic rings. The molecule has 4 rings (SSSR count). The molecule has 6 heteroatoms. The van der Waals surface area contributed by atoms with Gasteiger partial charge in [-0.3, -0.25) is 0 Å². The lowest BCUT2D eigenvalue weighted by atomic mass is 10.2. The number of hydrogen-bond acceptors (Lipinski definition) is 6. The Morgan fingerprint density at radius 2 is 0.627 bits per heavy atom. The van der Waals surface area contributed by atoms with E-state index in [9.17, 15) is 0 Å². The van der Waals surface area contributed by atoms with Gasteiger partial charge >= 0.3 is 0 Å². The Morgan fingerprint density at radius 3 is 0.882 bits per heavy atom. The maximum absolute atomic E-state index is 5.92. The molecule has 0 N–H and O–H groups in total. The Hall–Kier alpha value is -4.71. The first-order valence-electron chi connectivity index (χ1n) is 19.1. The van der Waals surface area contributed by atoms with Gasteiger partial charge in [0.25, 0.3) is 0 Å². The van der Waals surface area contributed by atoms with Crippen LogP contribution in [0.5, 0.6) is 17.2 Å². The Labute approximate surface area is 306 Å². The predicted octanol–water partition coefficient (Wildman–Crippen LogP) is 12.3. The fraction of sp³-hybridized carbons (Fsp3) is 0.400. The van der Waals surface area contributed by atoms with E-state index in [-0.39, 0.29) is 0 Å². The maximum Gasteiger partial charge on any atom is 0.156 e. The summed E-state index contributed by atoms with van der Waals surface area (Å²) in [5.74, 6) is 4.42. The highest BCUT2D eigenvalue weighted by atomic mass is 16.5. The van der Waals surface area contributed by atoms with Crippen molar-refractivity contribution in [3.63, 3.8) is 0 Å². The molecule has 270 valence electrons. The summed E-state index contributed by atoms with van der Waals surface area (Å²) < 4.78 is 17.7. The predicted molar refractivity (Wildman–Crippen MR) is 215 cm³/mol. The smallest absolute Gasteiger partial charge is 0.156 e. The third-order valence-electron chi connectivity index (χ3n) is 8.40. The molecule has 0 atom stereocenters. The highest BCUT2D eigenvalue weighted by molar-refractivity contribution is 5.72. The zero-order valence-electron chi connectivity index (χ0n) is 31.1. The molecule has 0 saturated carbocycles. The summed E-state index contributed by atoms with van der Waals surface area (Å²) in [6.45, 7) is 8.91. The van der Waals surface area contributed by atoms with E-state index in [4.69, 9.17) is 29.2 Å². The van der Waals surface area contributed by atoms with Crippen LogP contribution >= 0.6 is 0 Å². The summed E-state index contributed by atoms with van der Waals surface area (Å²) in [4.78, 5) is 14.2. The molecular weight excluding hydrogens is 631 g/mol. The topological polar surface area (TPSA) is 66.4 Å². The minimum absolute atomic E-state index is 0.583. The quantitative estimate of drug-likeness (QED) is 0.0683. The van der Waals surface area contributed by atoms with Gasteiger partial charge < -0.3 is 14.2 Å². The van der Waals surface area contributed by atoms with Gasteiger partial charge in [-0.1, -0.05) is 133 Å². The van der Waals surface area contributed by atoms with Gasteiger partial charge in [0, 0.05) is 0 Å². The van der Waals surface area contributed by atoms with Crippen LogP contribution in [0.4, 0.5) is 0 Å². The van der Waals surface area contributed by atoms with E-state index in [1.54, 1.807) is 0 Å². The summed E-state index contributed by atoms with van der Waals surface area (Å²) in [6, 6.07) is 24.4. The lowest BCUT2D eigenvalue weighted by molar-refractivity contribution is 0.305.